The monoisotopic (exact) mass is 540 g/mol. The van der Waals surface area contributed by atoms with E-state index in [0.29, 0.717) is 23.8 Å². The average molecular weight is 541 g/mol. The van der Waals surface area contributed by atoms with Crippen molar-refractivity contribution in [1.29, 1.82) is 0 Å². The van der Waals surface area contributed by atoms with Crippen LogP contribution in [0.4, 0.5) is 0 Å². The number of likely N-dealkylation sites (tertiary alicyclic amines) is 1. The van der Waals surface area contributed by atoms with Crippen molar-refractivity contribution >= 4 is 5.91 Å². The first-order valence-electron chi connectivity index (χ1n) is 15.1. The maximum absolute atomic E-state index is 13.6. The first kappa shape index (κ1) is 28.3. The van der Waals surface area contributed by atoms with Gasteiger partial charge >= 0.3 is 0 Å². The number of fused-ring (bicyclic) bond motifs is 1. The predicted molar refractivity (Wildman–Crippen MR) is 161 cm³/mol. The summed E-state index contributed by atoms with van der Waals surface area (Å²) in [6.07, 6.45) is 9.36. The van der Waals surface area contributed by atoms with E-state index in [-0.39, 0.29) is 5.91 Å². The second kappa shape index (κ2) is 13.9. The molecule has 0 atom stereocenters. The minimum absolute atomic E-state index is 0.00862. The van der Waals surface area contributed by atoms with Crippen molar-refractivity contribution in [3.63, 3.8) is 0 Å². The van der Waals surface area contributed by atoms with Crippen LogP contribution in [-0.2, 0) is 19.4 Å². The van der Waals surface area contributed by atoms with E-state index in [2.05, 4.69) is 16.3 Å². The predicted octanol–water partition coefficient (Wildman–Crippen LogP) is 6.20. The van der Waals surface area contributed by atoms with Gasteiger partial charge in [-0.2, -0.15) is 0 Å². The van der Waals surface area contributed by atoms with Crippen LogP contribution < -0.4 is 10.1 Å². The molecule has 212 valence electrons. The summed E-state index contributed by atoms with van der Waals surface area (Å²) in [5.74, 6) is 1.93. The molecule has 1 N–H and O–H groups in total. The van der Waals surface area contributed by atoms with E-state index in [9.17, 15) is 4.79 Å². The third-order valence-corrected chi connectivity index (χ3v) is 8.41. The standard InChI is InChI=1S/C34H44N4O2/c1-35-19-22-38-20-17-26(18-21-38)33-24-28(31-15-8-3-4-9-16-32(31)36-33)25-37(2)34(39)27-11-10-14-30(23-27)40-29-12-6-5-7-13-29/h5-7,10-14,23-24,26,35H,3-4,8-9,15-22,25H2,1-2H3. The van der Waals surface area contributed by atoms with Gasteiger partial charge in [0, 0.05) is 49.6 Å². The normalized spacial score (nSPS) is 16.6. The average Bonchev–Trinajstić information content (AvgIpc) is 2.97. The molecule has 6 nitrogen and oxygen atoms in total. The third kappa shape index (κ3) is 7.29. The topological polar surface area (TPSA) is 57.7 Å². The van der Waals surface area contributed by atoms with Gasteiger partial charge in [0.15, 0.2) is 0 Å². The van der Waals surface area contributed by atoms with Crippen molar-refractivity contribution in [3.8, 4) is 11.5 Å². The summed E-state index contributed by atoms with van der Waals surface area (Å²) in [4.78, 5) is 23.3. The number of pyridine rings is 1. The van der Waals surface area contributed by atoms with E-state index >= 15 is 0 Å². The number of carbonyl (C=O) groups is 1. The second-order valence-electron chi connectivity index (χ2n) is 11.4. The minimum Gasteiger partial charge on any atom is -0.457 e. The van der Waals surface area contributed by atoms with E-state index in [4.69, 9.17) is 9.72 Å². The molecule has 0 saturated carbocycles. The van der Waals surface area contributed by atoms with Crippen LogP contribution >= 0.6 is 0 Å². The molecular formula is C34H44N4O2. The number of aryl methyl sites for hydroxylation is 1. The maximum Gasteiger partial charge on any atom is 0.254 e. The number of piperidine rings is 1. The SMILES string of the molecule is CNCCN1CCC(c2cc(CN(C)C(=O)c3cccc(Oc4ccccc4)c3)c3c(n2)CCCCCC3)CC1. The van der Waals surface area contributed by atoms with E-state index in [1.807, 2.05) is 73.6 Å². The Bertz CT molecular complexity index is 1250. The zero-order valence-corrected chi connectivity index (χ0v) is 24.2. The number of nitrogens with one attached hydrogen (secondary N) is 1. The van der Waals surface area contributed by atoms with Gasteiger partial charge in [0.05, 0.1) is 0 Å². The number of hydrogen-bond acceptors (Lipinski definition) is 5. The molecule has 1 saturated heterocycles. The van der Waals surface area contributed by atoms with Crippen LogP contribution in [-0.4, -0.2) is 61.0 Å². The zero-order chi connectivity index (χ0) is 27.7. The molecule has 0 bridgehead atoms. The van der Waals surface area contributed by atoms with E-state index in [1.165, 1.54) is 48.2 Å². The highest BCUT2D eigenvalue weighted by atomic mass is 16.5. The quantitative estimate of drug-likeness (QED) is 0.350. The van der Waals surface area contributed by atoms with Crippen LogP contribution in [0.1, 0.15) is 77.3 Å². The molecule has 0 unspecified atom stereocenters. The molecule has 6 heteroatoms. The van der Waals surface area contributed by atoms with Crippen LogP contribution in [0.5, 0.6) is 11.5 Å². The molecule has 3 aromatic rings. The van der Waals surface area contributed by atoms with E-state index in [1.54, 1.807) is 0 Å². The van der Waals surface area contributed by atoms with Crippen molar-refractivity contribution < 1.29 is 9.53 Å². The fourth-order valence-electron chi connectivity index (χ4n) is 6.10. The second-order valence-corrected chi connectivity index (χ2v) is 11.4. The molecule has 2 aliphatic rings. The molecule has 0 spiro atoms. The summed E-state index contributed by atoms with van der Waals surface area (Å²) < 4.78 is 5.99. The third-order valence-electron chi connectivity index (χ3n) is 8.41. The summed E-state index contributed by atoms with van der Waals surface area (Å²) in [6.45, 7) is 4.99. The Morgan fingerprint density at radius 1 is 0.975 bits per heavy atom. The zero-order valence-electron chi connectivity index (χ0n) is 24.2. The molecule has 0 radical (unpaired) electrons. The van der Waals surface area contributed by atoms with Gasteiger partial charge in [-0.05, 0) is 106 Å². The van der Waals surface area contributed by atoms with Crippen LogP contribution in [0.2, 0.25) is 0 Å². The van der Waals surface area contributed by atoms with Crippen molar-refractivity contribution in [2.45, 2.75) is 63.8 Å². The lowest BCUT2D eigenvalue weighted by Crippen LogP contribution is -2.37. The fraction of sp³-hybridized carbons (Fsp3) is 0.471. The smallest absolute Gasteiger partial charge is 0.254 e. The lowest BCUT2D eigenvalue weighted by Gasteiger charge is -2.32. The maximum atomic E-state index is 13.6. The van der Waals surface area contributed by atoms with Gasteiger partial charge in [-0.1, -0.05) is 37.1 Å². The molecule has 1 aliphatic heterocycles. The Hall–Kier alpha value is -3.22. The number of nitrogens with zero attached hydrogens (tertiary/aromatic N) is 3. The molecule has 1 aromatic heterocycles. The molecule has 40 heavy (non-hydrogen) atoms. The van der Waals surface area contributed by atoms with E-state index < -0.39 is 0 Å². The van der Waals surface area contributed by atoms with E-state index in [0.717, 1.165) is 57.6 Å². The highest BCUT2D eigenvalue weighted by Gasteiger charge is 2.25. The van der Waals surface area contributed by atoms with Crippen LogP contribution in [0.25, 0.3) is 0 Å². The molecular weight excluding hydrogens is 496 g/mol. The lowest BCUT2D eigenvalue weighted by atomic mass is 9.88. The highest BCUT2D eigenvalue weighted by Crippen LogP contribution is 2.32. The number of ether oxygens (including phenoxy) is 1. The summed E-state index contributed by atoms with van der Waals surface area (Å²) >= 11 is 0. The van der Waals surface area contributed by atoms with Crippen LogP contribution in [0.15, 0.2) is 60.7 Å². The molecule has 2 aromatic carbocycles. The number of para-hydroxylation sites is 1. The Labute approximate surface area is 239 Å². The Morgan fingerprint density at radius 3 is 2.50 bits per heavy atom. The summed E-state index contributed by atoms with van der Waals surface area (Å²) in [7, 11) is 3.94. The lowest BCUT2D eigenvalue weighted by molar-refractivity contribution is 0.0784. The number of carbonyl (C=O) groups excluding carboxylic acids is 1. The molecule has 1 fully saturated rings. The Morgan fingerprint density at radius 2 is 1.73 bits per heavy atom. The van der Waals surface area contributed by atoms with Crippen molar-refractivity contribution in [1.82, 2.24) is 20.1 Å². The molecule has 1 aliphatic carbocycles. The van der Waals surface area contributed by atoms with Gasteiger partial charge in [0.1, 0.15) is 11.5 Å². The minimum atomic E-state index is 0.00862. The fourth-order valence-corrected chi connectivity index (χ4v) is 6.10. The number of amides is 1. The summed E-state index contributed by atoms with van der Waals surface area (Å²) in [6, 6.07) is 19.5. The number of rotatable bonds is 9. The van der Waals surface area contributed by atoms with Crippen molar-refractivity contribution in [2.75, 3.05) is 40.3 Å². The van der Waals surface area contributed by atoms with Gasteiger partial charge < -0.3 is 19.9 Å². The highest BCUT2D eigenvalue weighted by molar-refractivity contribution is 5.94. The van der Waals surface area contributed by atoms with Crippen LogP contribution in [0, 0.1) is 0 Å². The first-order chi connectivity index (χ1) is 19.6. The largest absolute Gasteiger partial charge is 0.457 e. The Kier molecular flexibility index (Phi) is 9.85. The van der Waals surface area contributed by atoms with Gasteiger partial charge in [0.25, 0.3) is 5.91 Å². The van der Waals surface area contributed by atoms with Crippen LogP contribution in [0.3, 0.4) is 0 Å². The Balaban J connectivity index is 1.34. The number of benzene rings is 2. The molecule has 1 amide bonds. The number of hydrogen-bond donors (Lipinski definition) is 1. The molecule has 5 rings (SSSR count). The van der Waals surface area contributed by atoms with Crippen molar-refractivity contribution in [2.24, 2.45) is 0 Å². The van der Waals surface area contributed by atoms with Gasteiger partial charge in [-0.3, -0.25) is 9.78 Å². The van der Waals surface area contributed by atoms with Gasteiger partial charge in [-0.15, -0.1) is 0 Å². The first-order valence-corrected chi connectivity index (χ1v) is 15.1. The number of aromatic nitrogens is 1. The van der Waals surface area contributed by atoms with Crippen molar-refractivity contribution in [3.05, 3.63) is 88.7 Å². The number of likely N-dealkylation sites (N-methyl/N-ethyl adjacent to an activating group) is 1. The summed E-state index contributed by atoms with van der Waals surface area (Å²) in [5.41, 5.74) is 5.83. The van der Waals surface area contributed by atoms with Gasteiger partial charge in [-0.25, -0.2) is 0 Å². The summed E-state index contributed by atoms with van der Waals surface area (Å²) in [5, 5.41) is 3.27. The molecule has 2 heterocycles. The van der Waals surface area contributed by atoms with Gasteiger partial charge in [0.2, 0.25) is 0 Å².